The van der Waals surface area contributed by atoms with Crippen LogP contribution in [0.1, 0.15) is 14.3 Å². The molecule has 1 aliphatic rings. The monoisotopic (exact) mass is 140 g/mol. The fraction of sp³-hybridized carbons (Fsp3) is 1.00. The Kier molecular flexibility index (Phi) is 5.74. The molecule has 0 aromatic heterocycles. The van der Waals surface area contributed by atoms with Crippen molar-refractivity contribution < 1.29 is 35.4 Å². The van der Waals surface area contributed by atoms with E-state index in [0.717, 1.165) is 6.61 Å². The van der Waals surface area contributed by atoms with Crippen molar-refractivity contribution in [2.75, 3.05) is 6.61 Å². The smallest absolute Gasteiger partial charge is 1.00 e. The molecule has 1 unspecified atom stereocenters. The molecule has 1 heterocycles. The molecule has 8 heavy (non-hydrogen) atoms. The standard InChI is InChI=1S/C5H12OSi.Na.H/c1-7-5-3-2-4-6-7;;/h7H,2-5H2,1H3;;/q;+1;-1. The molecule has 0 aliphatic carbocycles. The maximum atomic E-state index is 5.42. The van der Waals surface area contributed by atoms with E-state index in [0.29, 0.717) is 0 Å². The quantitative estimate of drug-likeness (QED) is 0.363. The van der Waals surface area contributed by atoms with Gasteiger partial charge in [-0.25, -0.2) is 0 Å². The molecule has 0 spiro atoms. The third-order valence-electron chi connectivity index (χ3n) is 1.41. The summed E-state index contributed by atoms with van der Waals surface area (Å²) in [5.74, 6) is 0. The van der Waals surface area contributed by atoms with Crippen LogP contribution in [0.4, 0.5) is 0 Å². The van der Waals surface area contributed by atoms with Gasteiger partial charge in [-0.3, -0.25) is 0 Å². The van der Waals surface area contributed by atoms with Gasteiger partial charge in [0.1, 0.15) is 0 Å². The Morgan fingerprint density at radius 1 is 1.50 bits per heavy atom. The zero-order valence-electron chi connectivity index (χ0n) is 6.81. The van der Waals surface area contributed by atoms with E-state index in [2.05, 4.69) is 6.55 Å². The van der Waals surface area contributed by atoms with E-state index < -0.39 is 9.04 Å². The van der Waals surface area contributed by atoms with Gasteiger partial charge in [-0.2, -0.15) is 0 Å². The van der Waals surface area contributed by atoms with Crippen LogP contribution in [0.3, 0.4) is 0 Å². The topological polar surface area (TPSA) is 9.23 Å². The van der Waals surface area contributed by atoms with Gasteiger partial charge in [-0.1, -0.05) is 6.42 Å². The van der Waals surface area contributed by atoms with Gasteiger partial charge in [0.25, 0.3) is 0 Å². The largest absolute Gasteiger partial charge is 1.00 e. The fourth-order valence-corrected chi connectivity index (χ4v) is 2.50. The van der Waals surface area contributed by atoms with Gasteiger partial charge in [0.2, 0.25) is 0 Å². The summed E-state index contributed by atoms with van der Waals surface area (Å²) in [7, 11) is -0.595. The molecule has 0 N–H and O–H groups in total. The number of rotatable bonds is 0. The summed E-state index contributed by atoms with van der Waals surface area (Å²) in [6.45, 7) is 3.33. The van der Waals surface area contributed by atoms with Gasteiger partial charge < -0.3 is 5.85 Å². The van der Waals surface area contributed by atoms with Crippen molar-refractivity contribution in [1.82, 2.24) is 0 Å². The van der Waals surface area contributed by atoms with Crippen molar-refractivity contribution in [3.05, 3.63) is 0 Å². The molecule has 0 saturated carbocycles. The fourth-order valence-electron chi connectivity index (χ4n) is 0.902. The molecule has 1 rings (SSSR count). The third-order valence-corrected chi connectivity index (χ3v) is 3.43. The maximum Gasteiger partial charge on any atom is 1.00 e. The van der Waals surface area contributed by atoms with Gasteiger partial charge in [0.05, 0.1) is 0 Å². The molecule has 0 aromatic rings. The second-order valence-electron chi connectivity index (χ2n) is 2.18. The van der Waals surface area contributed by atoms with Crippen molar-refractivity contribution >= 4 is 9.04 Å². The summed E-state index contributed by atoms with van der Waals surface area (Å²) in [5, 5.41) is 0. The maximum absolute atomic E-state index is 5.42. The van der Waals surface area contributed by atoms with E-state index in [1.54, 1.807) is 0 Å². The molecule has 1 nitrogen and oxygen atoms in total. The normalized spacial score (nSPS) is 28.9. The van der Waals surface area contributed by atoms with E-state index in [4.69, 9.17) is 4.43 Å². The molecular formula is C5H13NaOSi. The Morgan fingerprint density at radius 3 is 2.50 bits per heavy atom. The molecule has 0 radical (unpaired) electrons. The van der Waals surface area contributed by atoms with Crippen LogP contribution in [0.15, 0.2) is 0 Å². The predicted molar refractivity (Wildman–Crippen MR) is 34.1 cm³/mol. The second kappa shape index (κ2) is 5.00. The molecule has 1 fully saturated rings. The first-order valence-electron chi connectivity index (χ1n) is 3.01. The molecule has 1 saturated heterocycles. The summed E-state index contributed by atoms with van der Waals surface area (Å²) in [5.41, 5.74) is 0. The minimum atomic E-state index is -0.595. The number of hydrogen-bond donors (Lipinski definition) is 0. The van der Waals surface area contributed by atoms with Gasteiger partial charge in [0.15, 0.2) is 9.04 Å². The minimum Gasteiger partial charge on any atom is -1.00 e. The zero-order valence-corrected chi connectivity index (χ0v) is 8.97. The molecule has 1 aliphatic heterocycles. The van der Waals surface area contributed by atoms with Gasteiger partial charge >= 0.3 is 29.6 Å². The average molecular weight is 140 g/mol. The predicted octanol–water partition coefficient (Wildman–Crippen LogP) is -1.73. The van der Waals surface area contributed by atoms with Gasteiger partial charge in [0, 0.05) is 6.61 Å². The molecule has 1 atom stereocenters. The van der Waals surface area contributed by atoms with Crippen LogP contribution in [0.25, 0.3) is 0 Å². The number of hydrogen-bond acceptors (Lipinski definition) is 1. The second-order valence-corrected chi connectivity index (χ2v) is 4.71. The minimum absolute atomic E-state index is 0. The van der Waals surface area contributed by atoms with E-state index >= 15 is 0 Å². The summed E-state index contributed by atoms with van der Waals surface area (Å²) in [4.78, 5) is 0. The van der Waals surface area contributed by atoms with E-state index in [9.17, 15) is 0 Å². The van der Waals surface area contributed by atoms with Crippen molar-refractivity contribution in [3.8, 4) is 0 Å². The first-order chi connectivity index (χ1) is 3.39. The Balaban J connectivity index is 0. The summed E-state index contributed by atoms with van der Waals surface area (Å²) in [6, 6.07) is 1.40. The Hall–Kier alpha value is 1.18. The third kappa shape index (κ3) is 3.25. The SMILES string of the molecule is C[SiH]1CCCCO1.[H-].[Na+]. The van der Waals surface area contributed by atoms with Gasteiger partial charge in [-0.05, 0) is 19.0 Å². The Morgan fingerprint density at radius 2 is 2.25 bits per heavy atom. The Labute approximate surface area is 76.3 Å². The van der Waals surface area contributed by atoms with Crippen molar-refractivity contribution in [2.24, 2.45) is 0 Å². The first kappa shape index (κ1) is 9.18. The van der Waals surface area contributed by atoms with E-state index in [1.807, 2.05) is 0 Å². The summed E-state index contributed by atoms with van der Waals surface area (Å²) in [6.07, 6.45) is 2.73. The summed E-state index contributed by atoms with van der Waals surface area (Å²) < 4.78 is 5.42. The Bertz CT molecular complexity index is 58.9. The molecular weight excluding hydrogens is 127 g/mol. The van der Waals surface area contributed by atoms with Crippen LogP contribution in [0, 0.1) is 0 Å². The van der Waals surface area contributed by atoms with E-state index in [1.165, 1.54) is 18.9 Å². The molecule has 3 heteroatoms. The van der Waals surface area contributed by atoms with Gasteiger partial charge in [-0.15, -0.1) is 0 Å². The average Bonchev–Trinajstić information content (AvgIpc) is 1.69. The molecule has 44 valence electrons. The molecule has 0 bridgehead atoms. The van der Waals surface area contributed by atoms with Crippen LogP contribution in [0.2, 0.25) is 12.6 Å². The molecule has 0 amide bonds. The van der Waals surface area contributed by atoms with Crippen LogP contribution < -0.4 is 29.6 Å². The van der Waals surface area contributed by atoms with Crippen LogP contribution in [-0.4, -0.2) is 15.6 Å². The summed E-state index contributed by atoms with van der Waals surface area (Å²) >= 11 is 0. The van der Waals surface area contributed by atoms with Crippen LogP contribution in [0.5, 0.6) is 0 Å². The van der Waals surface area contributed by atoms with Crippen LogP contribution in [-0.2, 0) is 4.43 Å². The van der Waals surface area contributed by atoms with Crippen LogP contribution >= 0.6 is 0 Å². The van der Waals surface area contributed by atoms with Crippen molar-refractivity contribution in [2.45, 2.75) is 25.4 Å². The zero-order chi connectivity index (χ0) is 5.11. The van der Waals surface area contributed by atoms with E-state index in [-0.39, 0.29) is 31.0 Å². The van der Waals surface area contributed by atoms with Crippen molar-refractivity contribution in [3.63, 3.8) is 0 Å². The van der Waals surface area contributed by atoms with Crippen molar-refractivity contribution in [1.29, 1.82) is 0 Å². The first-order valence-corrected chi connectivity index (χ1v) is 5.45. The molecule has 0 aromatic carbocycles.